The third-order valence-corrected chi connectivity index (χ3v) is 6.95. The van der Waals surface area contributed by atoms with E-state index in [-0.39, 0.29) is 24.4 Å². The van der Waals surface area contributed by atoms with E-state index in [1.807, 2.05) is 39.8 Å². The molecular formula is C24H35ClN2O6. The van der Waals surface area contributed by atoms with Gasteiger partial charge in [0.2, 0.25) is 0 Å². The summed E-state index contributed by atoms with van der Waals surface area (Å²) < 4.78 is 36.6. The van der Waals surface area contributed by atoms with E-state index in [0.29, 0.717) is 13.2 Å². The first-order chi connectivity index (χ1) is 15.7. The number of anilines is 1. The van der Waals surface area contributed by atoms with Crippen LogP contribution in [0, 0.1) is 0 Å². The summed E-state index contributed by atoms with van der Waals surface area (Å²) >= 11 is 6.01. The predicted molar refractivity (Wildman–Crippen MR) is 123 cm³/mol. The molecule has 4 fully saturated rings. The first-order valence-corrected chi connectivity index (χ1v) is 12.2. The molecular weight excluding hydrogens is 448 g/mol. The van der Waals surface area contributed by atoms with Gasteiger partial charge in [0.1, 0.15) is 24.4 Å². The fourth-order valence-electron chi connectivity index (χ4n) is 5.08. The van der Waals surface area contributed by atoms with E-state index in [1.54, 1.807) is 0 Å². The summed E-state index contributed by atoms with van der Waals surface area (Å²) in [6.45, 7) is 13.5. The Morgan fingerprint density at radius 1 is 0.909 bits per heavy atom. The molecule has 4 heterocycles. The maximum Gasteiger partial charge on any atom is 0.187 e. The van der Waals surface area contributed by atoms with Crippen LogP contribution in [0.1, 0.15) is 27.7 Å². The van der Waals surface area contributed by atoms with Crippen molar-refractivity contribution in [3.8, 4) is 0 Å². The Kier molecular flexibility index (Phi) is 6.65. The van der Waals surface area contributed by atoms with Gasteiger partial charge in [-0.1, -0.05) is 11.6 Å². The van der Waals surface area contributed by atoms with Crippen molar-refractivity contribution in [2.24, 2.45) is 0 Å². The number of fused-ring (bicyclic) bond motifs is 1. The highest BCUT2D eigenvalue weighted by molar-refractivity contribution is 6.30. The highest BCUT2D eigenvalue weighted by Crippen LogP contribution is 2.42. The van der Waals surface area contributed by atoms with E-state index >= 15 is 0 Å². The van der Waals surface area contributed by atoms with Crippen LogP contribution in [-0.4, -0.2) is 93.1 Å². The van der Waals surface area contributed by atoms with E-state index < -0.39 is 17.9 Å². The second-order valence-electron chi connectivity index (χ2n) is 10.1. The molecule has 0 aromatic heterocycles. The molecule has 4 aliphatic rings. The molecule has 0 unspecified atom stereocenters. The number of hydrogen-bond donors (Lipinski definition) is 0. The van der Waals surface area contributed by atoms with Crippen molar-refractivity contribution in [3.05, 3.63) is 29.3 Å². The Morgan fingerprint density at radius 3 is 2.27 bits per heavy atom. The summed E-state index contributed by atoms with van der Waals surface area (Å²) in [5, 5.41) is 0.768. The van der Waals surface area contributed by atoms with Gasteiger partial charge in [-0.15, -0.1) is 0 Å². The van der Waals surface area contributed by atoms with Gasteiger partial charge in [0.05, 0.1) is 13.2 Å². The molecule has 0 aliphatic carbocycles. The fourth-order valence-corrected chi connectivity index (χ4v) is 5.21. The van der Waals surface area contributed by atoms with Crippen LogP contribution in [0.25, 0.3) is 0 Å². The summed E-state index contributed by atoms with van der Waals surface area (Å²) in [6, 6.07) is 8.05. The first-order valence-electron chi connectivity index (χ1n) is 11.9. The monoisotopic (exact) mass is 482 g/mol. The molecule has 0 radical (unpaired) electrons. The average Bonchev–Trinajstić information content (AvgIpc) is 3.39. The minimum absolute atomic E-state index is 0.209. The SMILES string of the molecule is CC1(C)O[C@@H]2[C@H](O1)[C@@H](OCCN1CCN(c3ccc(Cl)cc3)CC1)O[C@@H]2[C@H]1COC(C)(C)O1. The van der Waals surface area contributed by atoms with Crippen LogP contribution < -0.4 is 4.90 Å². The van der Waals surface area contributed by atoms with Crippen molar-refractivity contribution >= 4 is 17.3 Å². The molecule has 4 aliphatic heterocycles. The standard InChI is InChI=1S/C24H35ClN2O6/c1-23(2)29-15-18(31-23)19-20-21(33-24(3,4)32-20)22(30-19)28-14-13-26-9-11-27(12-10-26)17-7-5-16(25)6-8-17/h5-8,18-22H,9-15H2,1-4H3/t18-,19-,20+,21+,22+/m1/s1. The van der Waals surface area contributed by atoms with Crippen molar-refractivity contribution in [3.63, 3.8) is 0 Å². The van der Waals surface area contributed by atoms with Crippen molar-refractivity contribution in [1.82, 2.24) is 4.90 Å². The van der Waals surface area contributed by atoms with Crippen LogP contribution in [0.5, 0.6) is 0 Å². The summed E-state index contributed by atoms with van der Waals surface area (Å²) in [5.41, 5.74) is 1.22. The summed E-state index contributed by atoms with van der Waals surface area (Å²) in [4.78, 5) is 4.81. The number of piperazine rings is 1. The van der Waals surface area contributed by atoms with Crippen molar-refractivity contribution < 1.29 is 28.4 Å². The molecule has 5 rings (SSSR count). The molecule has 0 bridgehead atoms. The van der Waals surface area contributed by atoms with Crippen molar-refractivity contribution in [2.75, 3.05) is 50.8 Å². The molecule has 33 heavy (non-hydrogen) atoms. The normalized spacial score (nSPS) is 35.8. The summed E-state index contributed by atoms with van der Waals surface area (Å²) in [7, 11) is 0. The Bertz CT molecular complexity index is 814. The van der Waals surface area contributed by atoms with Crippen LogP contribution in [0.4, 0.5) is 5.69 Å². The molecule has 0 spiro atoms. The van der Waals surface area contributed by atoms with Gasteiger partial charge in [-0.3, -0.25) is 4.90 Å². The lowest BCUT2D eigenvalue weighted by atomic mass is 10.1. The van der Waals surface area contributed by atoms with Gasteiger partial charge < -0.3 is 33.3 Å². The lowest BCUT2D eigenvalue weighted by Crippen LogP contribution is -2.47. The van der Waals surface area contributed by atoms with E-state index in [0.717, 1.165) is 37.7 Å². The molecule has 5 atom stereocenters. The summed E-state index contributed by atoms with van der Waals surface area (Å²) in [5.74, 6) is -1.29. The number of halogens is 1. The van der Waals surface area contributed by atoms with E-state index in [9.17, 15) is 0 Å². The molecule has 1 aromatic rings. The van der Waals surface area contributed by atoms with Crippen LogP contribution in [0.2, 0.25) is 5.02 Å². The number of rotatable bonds is 6. The zero-order valence-corrected chi connectivity index (χ0v) is 20.6. The van der Waals surface area contributed by atoms with Crippen LogP contribution >= 0.6 is 11.6 Å². The molecule has 0 amide bonds. The fraction of sp³-hybridized carbons (Fsp3) is 0.750. The van der Waals surface area contributed by atoms with Gasteiger partial charge in [0, 0.05) is 43.4 Å². The van der Waals surface area contributed by atoms with Crippen LogP contribution in [0.15, 0.2) is 24.3 Å². The topological polar surface area (TPSA) is 61.9 Å². The Labute approximate surface area is 200 Å². The molecule has 0 N–H and O–H groups in total. The lowest BCUT2D eigenvalue weighted by molar-refractivity contribution is -0.247. The molecule has 0 saturated carbocycles. The largest absolute Gasteiger partial charge is 0.369 e. The molecule has 1 aromatic carbocycles. The van der Waals surface area contributed by atoms with Gasteiger partial charge in [-0.2, -0.15) is 0 Å². The smallest absolute Gasteiger partial charge is 0.187 e. The lowest BCUT2D eigenvalue weighted by Gasteiger charge is -2.36. The van der Waals surface area contributed by atoms with Gasteiger partial charge in [-0.25, -0.2) is 0 Å². The molecule has 9 heteroatoms. The number of nitrogens with zero attached hydrogens (tertiary/aromatic N) is 2. The quantitative estimate of drug-likeness (QED) is 0.613. The van der Waals surface area contributed by atoms with E-state index in [2.05, 4.69) is 21.9 Å². The Hall–Kier alpha value is -0.970. The molecule has 8 nitrogen and oxygen atoms in total. The van der Waals surface area contributed by atoms with Crippen molar-refractivity contribution in [1.29, 1.82) is 0 Å². The third kappa shape index (κ3) is 5.33. The van der Waals surface area contributed by atoms with Crippen molar-refractivity contribution in [2.45, 2.75) is 70.0 Å². The Morgan fingerprint density at radius 2 is 1.61 bits per heavy atom. The zero-order valence-electron chi connectivity index (χ0n) is 19.9. The highest BCUT2D eigenvalue weighted by Gasteiger charge is 2.59. The van der Waals surface area contributed by atoms with E-state index in [4.69, 9.17) is 40.0 Å². The minimum atomic E-state index is -0.675. The second kappa shape index (κ2) is 9.24. The highest BCUT2D eigenvalue weighted by atomic mass is 35.5. The summed E-state index contributed by atoms with van der Waals surface area (Å²) in [6.07, 6.45) is -1.50. The number of ether oxygens (including phenoxy) is 6. The van der Waals surface area contributed by atoms with Crippen LogP contribution in [-0.2, 0) is 28.4 Å². The van der Waals surface area contributed by atoms with Gasteiger partial charge >= 0.3 is 0 Å². The van der Waals surface area contributed by atoms with Crippen LogP contribution in [0.3, 0.4) is 0 Å². The second-order valence-corrected chi connectivity index (χ2v) is 10.5. The van der Waals surface area contributed by atoms with Gasteiger partial charge in [0.15, 0.2) is 17.9 Å². The number of benzene rings is 1. The first kappa shape index (κ1) is 23.8. The maximum atomic E-state index is 6.26. The predicted octanol–water partition coefficient (Wildman–Crippen LogP) is 2.88. The van der Waals surface area contributed by atoms with Gasteiger partial charge in [0.25, 0.3) is 0 Å². The average molecular weight is 483 g/mol. The maximum absolute atomic E-state index is 6.26. The molecule has 4 saturated heterocycles. The molecule has 184 valence electrons. The minimum Gasteiger partial charge on any atom is -0.369 e. The Balaban J connectivity index is 1.11. The van der Waals surface area contributed by atoms with Gasteiger partial charge in [-0.05, 0) is 52.0 Å². The van der Waals surface area contributed by atoms with E-state index in [1.165, 1.54) is 5.69 Å². The zero-order chi connectivity index (χ0) is 23.2. The third-order valence-electron chi connectivity index (χ3n) is 6.70. The number of hydrogen-bond acceptors (Lipinski definition) is 8.